The Labute approximate surface area is 122 Å². The maximum absolute atomic E-state index is 5.86. The molecule has 104 valence electrons. The molecule has 0 fully saturated rings. The summed E-state index contributed by atoms with van der Waals surface area (Å²) in [6, 6.07) is 16.5. The minimum Gasteiger partial charge on any atom is -0.399 e. The summed E-state index contributed by atoms with van der Waals surface area (Å²) in [5, 5.41) is 12.2. The monoisotopic (exact) mass is 277 g/mol. The second kappa shape index (κ2) is 4.70. The first-order valence-corrected chi connectivity index (χ1v) is 7.02. The van der Waals surface area contributed by atoms with Crippen molar-refractivity contribution in [3.05, 3.63) is 59.7 Å². The first-order valence-electron chi connectivity index (χ1n) is 7.02. The summed E-state index contributed by atoms with van der Waals surface area (Å²) in [6.45, 7) is 0. The van der Waals surface area contributed by atoms with Crippen molar-refractivity contribution in [2.75, 3.05) is 5.73 Å². The number of benzene rings is 2. The third-order valence-electron chi connectivity index (χ3n) is 4.01. The lowest BCUT2D eigenvalue weighted by Gasteiger charge is -2.11. The van der Waals surface area contributed by atoms with Gasteiger partial charge in [-0.25, -0.2) is 4.68 Å². The van der Waals surface area contributed by atoms with E-state index < -0.39 is 0 Å². The van der Waals surface area contributed by atoms with Gasteiger partial charge in [0.05, 0.1) is 6.04 Å². The van der Waals surface area contributed by atoms with Gasteiger partial charge in [0, 0.05) is 11.3 Å². The number of rotatable bonds is 2. The maximum Gasteiger partial charge on any atom is 0.182 e. The van der Waals surface area contributed by atoms with E-state index in [2.05, 4.69) is 39.8 Å². The summed E-state index contributed by atoms with van der Waals surface area (Å²) in [6.07, 6.45) is 1.94. The molecular weight excluding hydrogens is 262 g/mol. The number of nitrogens with zero attached hydrogens (tertiary/aromatic N) is 4. The third kappa shape index (κ3) is 2.07. The van der Waals surface area contributed by atoms with Crippen molar-refractivity contribution in [2.45, 2.75) is 18.9 Å². The fourth-order valence-corrected chi connectivity index (χ4v) is 3.02. The van der Waals surface area contributed by atoms with Crippen LogP contribution in [0.4, 0.5) is 5.69 Å². The van der Waals surface area contributed by atoms with Gasteiger partial charge in [-0.15, -0.1) is 5.10 Å². The van der Waals surface area contributed by atoms with E-state index in [-0.39, 0.29) is 6.04 Å². The molecule has 0 atom stereocenters. The Balaban J connectivity index is 1.71. The smallest absolute Gasteiger partial charge is 0.182 e. The first-order chi connectivity index (χ1) is 10.3. The van der Waals surface area contributed by atoms with Crippen LogP contribution in [0.15, 0.2) is 48.5 Å². The Kier molecular flexibility index (Phi) is 2.70. The van der Waals surface area contributed by atoms with E-state index >= 15 is 0 Å². The zero-order valence-electron chi connectivity index (χ0n) is 11.5. The van der Waals surface area contributed by atoms with E-state index in [4.69, 9.17) is 5.73 Å². The van der Waals surface area contributed by atoms with Crippen LogP contribution in [0.3, 0.4) is 0 Å². The lowest BCUT2D eigenvalue weighted by Crippen LogP contribution is -2.12. The minimum absolute atomic E-state index is 0.272. The van der Waals surface area contributed by atoms with E-state index in [1.807, 2.05) is 28.9 Å². The molecule has 5 nitrogen and oxygen atoms in total. The quantitative estimate of drug-likeness (QED) is 0.729. The lowest BCUT2D eigenvalue weighted by molar-refractivity contribution is 0.466. The molecular formula is C16H15N5. The van der Waals surface area contributed by atoms with Crippen molar-refractivity contribution in [3.8, 4) is 11.4 Å². The summed E-state index contributed by atoms with van der Waals surface area (Å²) in [5.74, 6) is 0.778. The topological polar surface area (TPSA) is 69.6 Å². The lowest BCUT2D eigenvalue weighted by atomic mass is 10.1. The molecule has 4 rings (SSSR count). The molecule has 1 aliphatic rings. The van der Waals surface area contributed by atoms with Gasteiger partial charge in [0.15, 0.2) is 5.82 Å². The highest BCUT2D eigenvalue weighted by Gasteiger charge is 2.26. The number of fused-ring (bicyclic) bond motifs is 1. The summed E-state index contributed by atoms with van der Waals surface area (Å²) < 4.78 is 1.93. The highest BCUT2D eigenvalue weighted by atomic mass is 15.5. The van der Waals surface area contributed by atoms with Gasteiger partial charge < -0.3 is 5.73 Å². The average molecular weight is 277 g/mol. The molecule has 5 heteroatoms. The van der Waals surface area contributed by atoms with Gasteiger partial charge in [0.1, 0.15) is 0 Å². The molecule has 21 heavy (non-hydrogen) atoms. The van der Waals surface area contributed by atoms with E-state index in [0.29, 0.717) is 0 Å². The van der Waals surface area contributed by atoms with Crippen LogP contribution in [0, 0.1) is 0 Å². The number of nitrogens with two attached hydrogens (primary N) is 1. The predicted octanol–water partition coefficient (Wildman–Crippen LogP) is 2.26. The van der Waals surface area contributed by atoms with Gasteiger partial charge in [0.25, 0.3) is 0 Å². The highest BCUT2D eigenvalue weighted by Crippen LogP contribution is 2.32. The Hall–Kier alpha value is -2.69. The van der Waals surface area contributed by atoms with Crippen molar-refractivity contribution in [1.29, 1.82) is 0 Å². The Morgan fingerprint density at radius 3 is 2.48 bits per heavy atom. The molecule has 0 bridgehead atoms. The van der Waals surface area contributed by atoms with Crippen molar-refractivity contribution in [2.24, 2.45) is 0 Å². The molecule has 0 spiro atoms. The molecule has 0 saturated heterocycles. The van der Waals surface area contributed by atoms with Gasteiger partial charge >= 0.3 is 0 Å². The average Bonchev–Trinajstić information content (AvgIpc) is 3.13. The Morgan fingerprint density at radius 2 is 1.76 bits per heavy atom. The molecule has 2 aromatic carbocycles. The maximum atomic E-state index is 5.86. The third-order valence-corrected chi connectivity index (χ3v) is 4.01. The van der Waals surface area contributed by atoms with Crippen LogP contribution in [0.5, 0.6) is 0 Å². The van der Waals surface area contributed by atoms with Gasteiger partial charge in [-0.05, 0) is 46.5 Å². The highest BCUT2D eigenvalue weighted by molar-refractivity contribution is 5.60. The summed E-state index contributed by atoms with van der Waals surface area (Å²) in [4.78, 5) is 0. The zero-order valence-corrected chi connectivity index (χ0v) is 11.5. The molecule has 0 unspecified atom stereocenters. The predicted molar refractivity (Wildman–Crippen MR) is 80.6 cm³/mol. The van der Waals surface area contributed by atoms with E-state index in [9.17, 15) is 0 Å². The van der Waals surface area contributed by atoms with E-state index in [1.54, 1.807) is 0 Å². The number of anilines is 1. The van der Waals surface area contributed by atoms with Crippen LogP contribution < -0.4 is 5.73 Å². The van der Waals surface area contributed by atoms with Crippen LogP contribution in [0.1, 0.15) is 17.2 Å². The van der Waals surface area contributed by atoms with Crippen molar-refractivity contribution < 1.29 is 0 Å². The largest absolute Gasteiger partial charge is 0.399 e. The molecule has 2 N–H and O–H groups in total. The summed E-state index contributed by atoms with van der Waals surface area (Å²) in [7, 11) is 0. The number of hydrogen-bond acceptors (Lipinski definition) is 4. The molecule has 0 amide bonds. The molecule has 0 aliphatic heterocycles. The standard InChI is InChI=1S/C16H15N5/c17-14-7-3-6-13(8-14)16-18-19-20-21(16)15-9-11-4-1-2-5-12(11)10-15/h1-8,15H,9-10,17H2. The van der Waals surface area contributed by atoms with Gasteiger partial charge in [-0.1, -0.05) is 36.4 Å². The van der Waals surface area contributed by atoms with Crippen LogP contribution in [-0.4, -0.2) is 20.2 Å². The van der Waals surface area contributed by atoms with Crippen LogP contribution in [0.25, 0.3) is 11.4 Å². The molecule has 3 aromatic rings. The van der Waals surface area contributed by atoms with E-state index in [0.717, 1.165) is 29.9 Å². The number of aromatic nitrogens is 4. The fourth-order valence-electron chi connectivity index (χ4n) is 3.02. The molecule has 1 heterocycles. The molecule has 0 saturated carbocycles. The van der Waals surface area contributed by atoms with E-state index in [1.165, 1.54) is 11.1 Å². The molecule has 1 aromatic heterocycles. The van der Waals surface area contributed by atoms with Crippen LogP contribution >= 0.6 is 0 Å². The molecule has 1 aliphatic carbocycles. The number of hydrogen-bond donors (Lipinski definition) is 1. The van der Waals surface area contributed by atoms with Crippen LogP contribution in [0.2, 0.25) is 0 Å². The Bertz CT molecular complexity index is 768. The van der Waals surface area contributed by atoms with Gasteiger partial charge in [-0.2, -0.15) is 0 Å². The second-order valence-electron chi connectivity index (χ2n) is 5.40. The summed E-state index contributed by atoms with van der Waals surface area (Å²) in [5.41, 5.74) is 10.3. The van der Waals surface area contributed by atoms with Crippen molar-refractivity contribution in [3.63, 3.8) is 0 Å². The molecule has 0 radical (unpaired) electrons. The minimum atomic E-state index is 0.272. The summed E-state index contributed by atoms with van der Waals surface area (Å²) >= 11 is 0. The SMILES string of the molecule is Nc1cccc(-c2nnnn2C2Cc3ccccc3C2)c1. The zero-order chi connectivity index (χ0) is 14.2. The van der Waals surface area contributed by atoms with Crippen LogP contribution in [-0.2, 0) is 12.8 Å². The second-order valence-corrected chi connectivity index (χ2v) is 5.40. The Morgan fingerprint density at radius 1 is 1.00 bits per heavy atom. The van der Waals surface area contributed by atoms with Gasteiger partial charge in [-0.3, -0.25) is 0 Å². The fraction of sp³-hybridized carbons (Fsp3) is 0.188. The first kappa shape index (κ1) is 12.1. The number of nitrogen functional groups attached to an aromatic ring is 1. The van der Waals surface area contributed by atoms with Crippen molar-refractivity contribution >= 4 is 5.69 Å². The van der Waals surface area contributed by atoms with Crippen molar-refractivity contribution in [1.82, 2.24) is 20.2 Å². The normalized spacial score (nSPS) is 14.3. The van der Waals surface area contributed by atoms with Gasteiger partial charge in [0.2, 0.25) is 0 Å². The number of tetrazole rings is 1.